The van der Waals surface area contributed by atoms with Crippen molar-refractivity contribution < 1.29 is 14.3 Å². The Morgan fingerprint density at radius 3 is 2.83 bits per heavy atom. The van der Waals surface area contributed by atoms with Gasteiger partial charge in [0.1, 0.15) is 16.9 Å². The van der Waals surface area contributed by atoms with Gasteiger partial charge < -0.3 is 15.2 Å². The molecule has 0 saturated heterocycles. The van der Waals surface area contributed by atoms with Crippen LogP contribution in [0.4, 0.5) is 5.69 Å². The number of carbonyl (C=O) groups is 1. The number of nitrogen functional groups attached to an aromatic ring is 1. The molecule has 0 atom stereocenters. The molecule has 3 aromatic rings. The molecule has 3 heterocycles. The van der Waals surface area contributed by atoms with Crippen LogP contribution < -0.4 is 15.2 Å². The fourth-order valence-electron chi connectivity index (χ4n) is 2.02. The first-order valence-corrected chi connectivity index (χ1v) is 6.85. The molecule has 0 aliphatic rings. The first-order chi connectivity index (χ1) is 11.2. The second-order valence-electron chi connectivity index (χ2n) is 4.68. The van der Waals surface area contributed by atoms with Gasteiger partial charge in [0.05, 0.1) is 18.8 Å². The van der Waals surface area contributed by atoms with Crippen LogP contribution in [0.2, 0.25) is 0 Å². The molecule has 23 heavy (non-hydrogen) atoms. The minimum Gasteiger partial charge on any atom is -0.481 e. The molecule has 0 unspecified atom stereocenters. The van der Waals surface area contributed by atoms with E-state index in [1.165, 1.54) is 13.3 Å². The number of nitrogens with two attached hydrogens (primary N) is 1. The Balaban J connectivity index is 1.83. The molecular formula is C16H14N4O3. The van der Waals surface area contributed by atoms with Gasteiger partial charge in [-0.25, -0.2) is 4.98 Å². The summed E-state index contributed by atoms with van der Waals surface area (Å²) < 4.78 is 10.6. The van der Waals surface area contributed by atoms with E-state index >= 15 is 0 Å². The molecule has 7 heteroatoms. The Hall–Kier alpha value is -3.22. The van der Waals surface area contributed by atoms with Crippen LogP contribution in [0.25, 0.3) is 11.0 Å². The maximum atomic E-state index is 12.0. The number of carbonyl (C=O) groups excluding carboxylic acids is 1. The second-order valence-corrected chi connectivity index (χ2v) is 4.68. The van der Waals surface area contributed by atoms with Crippen LogP contribution in [0.15, 0.2) is 42.7 Å². The first kappa shape index (κ1) is 14.7. The minimum atomic E-state index is -0.247. The number of ether oxygens (including phenoxy) is 2. The second kappa shape index (κ2) is 6.27. The van der Waals surface area contributed by atoms with E-state index in [1.54, 1.807) is 36.5 Å². The molecule has 0 aromatic carbocycles. The monoisotopic (exact) mass is 310 g/mol. The van der Waals surface area contributed by atoms with Crippen molar-refractivity contribution in [1.82, 2.24) is 15.0 Å². The lowest BCUT2D eigenvalue weighted by Crippen LogP contribution is -2.14. The van der Waals surface area contributed by atoms with Gasteiger partial charge in [-0.2, -0.15) is 0 Å². The fourth-order valence-corrected chi connectivity index (χ4v) is 2.02. The van der Waals surface area contributed by atoms with E-state index in [9.17, 15) is 4.79 Å². The normalized spacial score (nSPS) is 10.5. The average molecular weight is 310 g/mol. The van der Waals surface area contributed by atoms with Crippen LogP contribution in [0.1, 0.15) is 10.5 Å². The topological polar surface area (TPSA) is 100 Å². The lowest BCUT2D eigenvalue weighted by atomic mass is 10.2. The van der Waals surface area contributed by atoms with Crippen LogP contribution in [-0.2, 0) is 0 Å². The van der Waals surface area contributed by atoms with Gasteiger partial charge in [0, 0.05) is 12.3 Å². The third kappa shape index (κ3) is 3.03. The number of hydrogen-bond donors (Lipinski definition) is 1. The van der Waals surface area contributed by atoms with Gasteiger partial charge in [0.15, 0.2) is 12.4 Å². The standard InChI is InChI=1S/C16H14N4O3/c1-22-14-6-5-11-16(20-14)15(17)13(8-19-11)23-9-12(21)10-4-2-3-7-18-10/h2-8H,9H2,1H3,(H2,17,19). The van der Waals surface area contributed by atoms with Crippen LogP contribution in [0.5, 0.6) is 11.6 Å². The van der Waals surface area contributed by atoms with Gasteiger partial charge in [-0.15, -0.1) is 0 Å². The highest BCUT2D eigenvalue weighted by Crippen LogP contribution is 2.28. The van der Waals surface area contributed by atoms with Crippen LogP contribution >= 0.6 is 0 Å². The van der Waals surface area contributed by atoms with Crippen molar-refractivity contribution in [2.75, 3.05) is 19.5 Å². The number of anilines is 1. The lowest BCUT2D eigenvalue weighted by molar-refractivity contribution is 0.0917. The van der Waals surface area contributed by atoms with Crippen LogP contribution in [0, 0.1) is 0 Å². The molecule has 0 spiro atoms. The summed E-state index contributed by atoms with van der Waals surface area (Å²) in [4.78, 5) is 24.5. The van der Waals surface area contributed by atoms with E-state index in [0.29, 0.717) is 34.0 Å². The molecule has 3 rings (SSSR count). The van der Waals surface area contributed by atoms with E-state index in [1.807, 2.05) is 0 Å². The Kier molecular flexibility index (Phi) is 4.01. The van der Waals surface area contributed by atoms with Crippen molar-refractivity contribution in [3.63, 3.8) is 0 Å². The third-order valence-corrected chi connectivity index (χ3v) is 3.21. The van der Waals surface area contributed by atoms with Crippen molar-refractivity contribution in [3.8, 4) is 11.6 Å². The zero-order chi connectivity index (χ0) is 16.2. The van der Waals surface area contributed by atoms with Gasteiger partial charge in [-0.3, -0.25) is 14.8 Å². The Morgan fingerprint density at radius 1 is 1.22 bits per heavy atom. The van der Waals surface area contributed by atoms with Crippen molar-refractivity contribution >= 4 is 22.5 Å². The minimum absolute atomic E-state index is 0.182. The quantitative estimate of drug-likeness (QED) is 0.718. The van der Waals surface area contributed by atoms with Gasteiger partial charge in [-0.1, -0.05) is 6.07 Å². The Labute approximate surface area is 132 Å². The van der Waals surface area contributed by atoms with E-state index in [-0.39, 0.29) is 12.4 Å². The number of nitrogens with zero attached hydrogens (tertiary/aromatic N) is 3. The molecule has 116 valence electrons. The SMILES string of the molecule is COc1ccc2ncc(OCC(=O)c3ccccn3)c(N)c2n1. The van der Waals surface area contributed by atoms with Gasteiger partial charge in [-0.05, 0) is 18.2 Å². The van der Waals surface area contributed by atoms with E-state index in [0.717, 1.165) is 0 Å². The van der Waals surface area contributed by atoms with Gasteiger partial charge in [0.25, 0.3) is 0 Å². The highest BCUT2D eigenvalue weighted by atomic mass is 16.5. The third-order valence-electron chi connectivity index (χ3n) is 3.21. The van der Waals surface area contributed by atoms with E-state index < -0.39 is 0 Å². The molecule has 0 fully saturated rings. The molecular weight excluding hydrogens is 296 g/mol. The summed E-state index contributed by atoms with van der Waals surface area (Å²) in [6.45, 7) is -0.182. The molecule has 3 aromatic heterocycles. The summed E-state index contributed by atoms with van der Waals surface area (Å²) in [5, 5.41) is 0. The summed E-state index contributed by atoms with van der Waals surface area (Å²) in [6.07, 6.45) is 3.02. The number of ketones is 1. The Bertz CT molecular complexity index is 853. The number of fused-ring (bicyclic) bond motifs is 1. The molecule has 0 amide bonds. The number of aromatic nitrogens is 3. The number of methoxy groups -OCH3 is 1. The van der Waals surface area contributed by atoms with Crippen molar-refractivity contribution in [1.29, 1.82) is 0 Å². The van der Waals surface area contributed by atoms with E-state index in [4.69, 9.17) is 15.2 Å². The summed E-state index contributed by atoms with van der Waals surface area (Å²) in [5.74, 6) is 0.471. The molecule has 2 N–H and O–H groups in total. The van der Waals surface area contributed by atoms with Gasteiger partial charge in [0.2, 0.25) is 11.7 Å². The van der Waals surface area contributed by atoms with E-state index in [2.05, 4.69) is 15.0 Å². The van der Waals surface area contributed by atoms with Crippen molar-refractivity contribution in [2.45, 2.75) is 0 Å². The average Bonchev–Trinajstić information content (AvgIpc) is 2.61. The maximum absolute atomic E-state index is 12.0. The smallest absolute Gasteiger partial charge is 0.218 e. The predicted octanol–water partition coefficient (Wildman–Crippen LogP) is 1.88. The highest BCUT2D eigenvalue weighted by molar-refractivity contribution is 5.95. The summed E-state index contributed by atoms with van der Waals surface area (Å²) in [6, 6.07) is 8.55. The van der Waals surface area contributed by atoms with Crippen LogP contribution in [0.3, 0.4) is 0 Å². The molecule has 0 saturated carbocycles. The fraction of sp³-hybridized carbons (Fsp3) is 0.125. The zero-order valence-corrected chi connectivity index (χ0v) is 12.4. The van der Waals surface area contributed by atoms with Crippen molar-refractivity contribution in [2.24, 2.45) is 0 Å². The maximum Gasteiger partial charge on any atom is 0.218 e. The first-order valence-electron chi connectivity index (χ1n) is 6.85. The summed E-state index contributed by atoms with van der Waals surface area (Å²) >= 11 is 0. The van der Waals surface area contributed by atoms with Crippen molar-refractivity contribution in [3.05, 3.63) is 48.4 Å². The predicted molar refractivity (Wildman–Crippen MR) is 84.6 cm³/mol. The number of pyridine rings is 3. The zero-order valence-electron chi connectivity index (χ0n) is 12.4. The summed E-state index contributed by atoms with van der Waals surface area (Å²) in [5.41, 5.74) is 7.78. The highest BCUT2D eigenvalue weighted by Gasteiger charge is 2.12. The number of Topliss-reactive ketones (excluding diaryl/α,β-unsaturated/α-hetero) is 1. The summed E-state index contributed by atoms with van der Waals surface area (Å²) in [7, 11) is 1.52. The van der Waals surface area contributed by atoms with Gasteiger partial charge >= 0.3 is 0 Å². The molecule has 7 nitrogen and oxygen atoms in total. The van der Waals surface area contributed by atoms with Crippen LogP contribution in [-0.4, -0.2) is 34.5 Å². The largest absolute Gasteiger partial charge is 0.481 e. The lowest BCUT2D eigenvalue weighted by Gasteiger charge is -2.10. The Morgan fingerprint density at radius 2 is 2.09 bits per heavy atom. The molecule has 0 aliphatic carbocycles. The number of rotatable bonds is 5. The molecule has 0 bridgehead atoms. The molecule has 0 radical (unpaired) electrons. The number of hydrogen-bond acceptors (Lipinski definition) is 7. The molecule has 0 aliphatic heterocycles.